The van der Waals surface area contributed by atoms with Gasteiger partial charge in [0.05, 0.1) is 25.0 Å². The third kappa shape index (κ3) is 5.39. The van der Waals surface area contributed by atoms with Gasteiger partial charge < -0.3 is 20.1 Å². The van der Waals surface area contributed by atoms with Gasteiger partial charge in [-0.25, -0.2) is 0 Å². The van der Waals surface area contributed by atoms with Crippen molar-refractivity contribution in [2.75, 3.05) is 19.0 Å². The molecule has 2 aromatic carbocycles. The lowest BCUT2D eigenvalue weighted by molar-refractivity contribution is -0.118. The third-order valence-electron chi connectivity index (χ3n) is 4.09. The zero-order chi connectivity index (χ0) is 20.7. The second-order valence-corrected chi connectivity index (χ2v) is 6.89. The van der Waals surface area contributed by atoms with E-state index in [0.29, 0.717) is 34.4 Å². The van der Waals surface area contributed by atoms with Crippen molar-refractivity contribution >= 4 is 29.1 Å². The molecule has 2 amide bonds. The quantitative estimate of drug-likeness (QED) is 0.693. The van der Waals surface area contributed by atoms with Crippen LogP contribution in [0.1, 0.15) is 31.1 Å². The Morgan fingerprint density at radius 1 is 1.11 bits per heavy atom. The van der Waals surface area contributed by atoms with Gasteiger partial charge in [0.2, 0.25) is 5.91 Å². The molecule has 0 aliphatic carbocycles. The average Bonchev–Trinajstić information content (AvgIpc) is 2.66. The molecule has 6 nitrogen and oxygen atoms in total. The van der Waals surface area contributed by atoms with E-state index in [1.54, 1.807) is 42.5 Å². The Morgan fingerprint density at radius 3 is 2.46 bits per heavy atom. The summed E-state index contributed by atoms with van der Waals surface area (Å²) in [5, 5.41) is 6.05. The van der Waals surface area contributed by atoms with Crippen LogP contribution in [-0.4, -0.2) is 31.6 Å². The predicted molar refractivity (Wildman–Crippen MR) is 110 cm³/mol. The summed E-state index contributed by atoms with van der Waals surface area (Å²) in [5.74, 6) is 0.0670. The topological polar surface area (TPSA) is 76.7 Å². The molecule has 150 valence electrons. The molecule has 7 heteroatoms. The smallest absolute Gasteiger partial charge is 0.255 e. The number of ether oxygens (including phenoxy) is 2. The molecule has 0 aromatic heterocycles. The van der Waals surface area contributed by atoms with E-state index in [0.717, 1.165) is 0 Å². The summed E-state index contributed by atoms with van der Waals surface area (Å²) in [7, 11) is 1.51. The Hall–Kier alpha value is -2.73. The molecule has 0 bridgehead atoms. The molecular weight excluding hydrogens is 380 g/mol. The number of nitrogens with one attached hydrogen (secondary N) is 2. The SMILES string of the molecule is CCOc1ccccc1C(=O)N[C@H](C(=O)Nc1cc(Cl)ccc1OC)C(C)C. The van der Waals surface area contributed by atoms with E-state index in [2.05, 4.69) is 10.6 Å². The van der Waals surface area contributed by atoms with Crippen LogP contribution in [0.15, 0.2) is 42.5 Å². The predicted octanol–water partition coefficient (Wildman–Crippen LogP) is 4.14. The molecule has 0 unspecified atom stereocenters. The van der Waals surface area contributed by atoms with Crippen molar-refractivity contribution in [1.82, 2.24) is 5.32 Å². The zero-order valence-corrected chi connectivity index (χ0v) is 17.2. The van der Waals surface area contributed by atoms with E-state index in [9.17, 15) is 9.59 Å². The van der Waals surface area contributed by atoms with Crippen molar-refractivity contribution in [1.29, 1.82) is 0 Å². The minimum Gasteiger partial charge on any atom is -0.495 e. The average molecular weight is 405 g/mol. The van der Waals surface area contributed by atoms with Crippen LogP contribution >= 0.6 is 11.6 Å². The second kappa shape index (κ2) is 9.99. The molecule has 28 heavy (non-hydrogen) atoms. The molecule has 0 fully saturated rings. The van der Waals surface area contributed by atoms with E-state index in [-0.39, 0.29) is 17.7 Å². The summed E-state index contributed by atoms with van der Waals surface area (Å²) < 4.78 is 10.8. The van der Waals surface area contributed by atoms with Crippen molar-refractivity contribution in [3.63, 3.8) is 0 Å². The number of rotatable bonds is 8. The molecule has 2 aromatic rings. The van der Waals surface area contributed by atoms with Gasteiger partial charge in [0, 0.05) is 5.02 Å². The van der Waals surface area contributed by atoms with Gasteiger partial charge >= 0.3 is 0 Å². The number of carbonyl (C=O) groups excluding carboxylic acids is 2. The van der Waals surface area contributed by atoms with Crippen LogP contribution in [0, 0.1) is 5.92 Å². The van der Waals surface area contributed by atoms with Crippen LogP contribution < -0.4 is 20.1 Å². The molecule has 0 heterocycles. The molecule has 2 N–H and O–H groups in total. The maximum atomic E-state index is 12.9. The fourth-order valence-corrected chi connectivity index (χ4v) is 2.85. The molecular formula is C21H25ClN2O4. The largest absolute Gasteiger partial charge is 0.495 e. The molecule has 1 atom stereocenters. The number of hydrogen-bond acceptors (Lipinski definition) is 4. The van der Waals surface area contributed by atoms with Crippen LogP contribution in [0.5, 0.6) is 11.5 Å². The normalized spacial score (nSPS) is 11.6. The van der Waals surface area contributed by atoms with E-state index in [4.69, 9.17) is 21.1 Å². The lowest BCUT2D eigenvalue weighted by atomic mass is 10.0. The van der Waals surface area contributed by atoms with Gasteiger partial charge in [-0.05, 0) is 43.2 Å². The fourth-order valence-electron chi connectivity index (χ4n) is 2.68. The third-order valence-corrected chi connectivity index (χ3v) is 4.32. The van der Waals surface area contributed by atoms with E-state index in [1.807, 2.05) is 20.8 Å². The Morgan fingerprint density at radius 2 is 1.82 bits per heavy atom. The lowest BCUT2D eigenvalue weighted by Crippen LogP contribution is -2.47. The van der Waals surface area contributed by atoms with Crippen molar-refractivity contribution < 1.29 is 19.1 Å². The Kier molecular flexibility index (Phi) is 7.70. The highest BCUT2D eigenvalue weighted by Crippen LogP contribution is 2.28. The minimum absolute atomic E-state index is 0.145. The molecule has 0 saturated heterocycles. The number of methoxy groups -OCH3 is 1. The number of halogens is 1. The maximum Gasteiger partial charge on any atom is 0.255 e. The standard InChI is InChI=1S/C21H25ClN2O4/c1-5-28-17-9-7-6-8-15(17)20(25)24-19(13(2)3)21(26)23-16-12-14(22)10-11-18(16)27-4/h6-13,19H,5H2,1-4H3,(H,23,26)(H,24,25)/t19-/m0/s1. The fraction of sp³-hybridized carbons (Fsp3) is 0.333. The van der Waals surface area contributed by atoms with Gasteiger partial charge in [-0.15, -0.1) is 0 Å². The second-order valence-electron chi connectivity index (χ2n) is 6.46. The maximum absolute atomic E-state index is 12.9. The molecule has 0 saturated carbocycles. The van der Waals surface area contributed by atoms with E-state index in [1.165, 1.54) is 7.11 Å². The molecule has 2 rings (SSSR count). The summed E-state index contributed by atoms with van der Waals surface area (Å²) in [6.07, 6.45) is 0. The summed E-state index contributed by atoms with van der Waals surface area (Å²) in [4.78, 5) is 25.6. The van der Waals surface area contributed by atoms with Crippen molar-refractivity contribution in [3.8, 4) is 11.5 Å². The van der Waals surface area contributed by atoms with Gasteiger partial charge in [-0.1, -0.05) is 37.6 Å². The van der Waals surface area contributed by atoms with Crippen LogP contribution in [-0.2, 0) is 4.79 Å². The number of carbonyl (C=O) groups is 2. The molecule has 0 spiro atoms. The number of hydrogen-bond donors (Lipinski definition) is 2. The first-order chi connectivity index (χ1) is 13.4. The first-order valence-corrected chi connectivity index (χ1v) is 9.42. The highest BCUT2D eigenvalue weighted by Gasteiger charge is 2.26. The molecule has 0 radical (unpaired) electrons. The summed E-state index contributed by atoms with van der Waals surface area (Å²) in [5.41, 5.74) is 0.817. The number of para-hydroxylation sites is 1. The zero-order valence-electron chi connectivity index (χ0n) is 16.4. The van der Waals surface area contributed by atoms with E-state index < -0.39 is 6.04 Å². The number of amides is 2. The Bertz CT molecular complexity index is 839. The van der Waals surface area contributed by atoms with Gasteiger partial charge in [0.15, 0.2) is 0 Å². The Balaban J connectivity index is 2.21. The van der Waals surface area contributed by atoms with Crippen molar-refractivity contribution in [2.45, 2.75) is 26.8 Å². The van der Waals surface area contributed by atoms with Crippen molar-refractivity contribution in [2.24, 2.45) is 5.92 Å². The lowest BCUT2D eigenvalue weighted by Gasteiger charge is -2.23. The van der Waals surface area contributed by atoms with Crippen LogP contribution in [0.2, 0.25) is 5.02 Å². The number of benzene rings is 2. The van der Waals surface area contributed by atoms with Crippen LogP contribution in [0.25, 0.3) is 0 Å². The minimum atomic E-state index is -0.758. The molecule has 0 aliphatic heterocycles. The first kappa shape index (κ1) is 21.6. The summed E-state index contributed by atoms with van der Waals surface area (Å²) >= 11 is 6.02. The highest BCUT2D eigenvalue weighted by atomic mass is 35.5. The molecule has 0 aliphatic rings. The summed E-state index contributed by atoms with van der Waals surface area (Å²) in [6, 6.07) is 11.1. The van der Waals surface area contributed by atoms with Gasteiger partial charge in [-0.2, -0.15) is 0 Å². The first-order valence-electron chi connectivity index (χ1n) is 9.04. The monoisotopic (exact) mass is 404 g/mol. The van der Waals surface area contributed by atoms with Gasteiger partial charge in [0.25, 0.3) is 5.91 Å². The Labute approximate surface area is 170 Å². The van der Waals surface area contributed by atoms with Crippen molar-refractivity contribution in [3.05, 3.63) is 53.1 Å². The van der Waals surface area contributed by atoms with E-state index >= 15 is 0 Å². The van der Waals surface area contributed by atoms with Gasteiger partial charge in [0.1, 0.15) is 17.5 Å². The van der Waals surface area contributed by atoms with Crippen LogP contribution in [0.3, 0.4) is 0 Å². The number of anilines is 1. The van der Waals surface area contributed by atoms with Crippen LogP contribution in [0.4, 0.5) is 5.69 Å². The van der Waals surface area contributed by atoms with Gasteiger partial charge in [-0.3, -0.25) is 9.59 Å². The summed E-state index contributed by atoms with van der Waals surface area (Å²) in [6.45, 7) is 5.99. The highest BCUT2D eigenvalue weighted by molar-refractivity contribution is 6.31.